The highest BCUT2D eigenvalue weighted by Gasteiger charge is 2.06. The first kappa shape index (κ1) is 11.5. The first-order valence-corrected chi connectivity index (χ1v) is 6.12. The van der Waals surface area contributed by atoms with Crippen molar-refractivity contribution < 1.29 is 4.74 Å². The molecular weight excluding hydrogens is 236 g/mol. The number of fused-ring (bicyclic) bond motifs is 1. The third kappa shape index (κ3) is 2.22. The Hall–Kier alpha value is -2.55. The number of pyridine rings is 1. The van der Waals surface area contributed by atoms with Gasteiger partial charge in [-0.2, -0.15) is 0 Å². The molecule has 0 aliphatic rings. The number of aryl methyl sites for hydroxylation is 1. The predicted molar refractivity (Wildman–Crippen MR) is 77.4 cm³/mol. The van der Waals surface area contributed by atoms with E-state index in [4.69, 9.17) is 10.5 Å². The zero-order valence-corrected chi connectivity index (χ0v) is 10.6. The van der Waals surface area contributed by atoms with Crippen LogP contribution in [0, 0.1) is 6.92 Å². The van der Waals surface area contributed by atoms with Gasteiger partial charge < -0.3 is 10.5 Å². The van der Waals surface area contributed by atoms with Gasteiger partial charge in [0.1, 0.15) is 5.75 Å². The molecule has 3 heteroatoms. The summed E-state index contributed by atoms with van der Waals surface area (Å²) in [6.07, 6.45) is 1.60. The van der Waals surface area contributed by atoms with E-state index in [2.05, 4.69) is 17.1 Å². The summed E-state index contributed by atoms with van der Waals surface area (Å²) in [7, 11) is 0. The Kier molecular flexibility index (Phi) is 2.80. The maximum atomic E-state index is 5.91. The number of nitrogens with two attached hydrogens (primary N) is 1. The fraction of sp³-hybridized carbons (Fsp3) is 0.0625. The minimum atomic E-state index is 0.588. The summed E-state index contributed by atoms with van der Waals surface area (Å²) < 4.78 is 5.91. The van der Waals surface area contributed by atoms with Gasteiger partial charge in [0.05, 0.1) is 11.9 Å². The molecule has 1 heterocycles. The molecule has 3 aromatic rings. The molecule has 0 aliphatic carbocycles. The standard InChI is InChI=1S/C16H14N2O/c1-11-9-13(17)10-18-16(11)19-15-8-4-6-12-5-2-3-7-14(12)15/h2-10H,17H2,1H3. The van der Waals surface area contributed by atoms with Crippen LogP contribution in [-0.2, 0) is 0 Å². The van der Waals surface area contributed by atoms with Crippen LogP contribution < -0.4 is 10.5 Å². The number of benzene rings is 2. The van der Waals surface area contributed by atoms with E-state index in [9.17, 15) is 0 Å². The molecule has 19 heavy (non-hydrogen) atoms. The van der Waals surface area contributed by atoms with Crippen LogP contribution in [0.5, 0.6) is 11.6 Å². The fourth-order valence-electron chi connectivity index (χ4n) is 2.08. The Morgan fingerprint density at radius 2 is 1.84 bits per heavy atom. The monoisotopic (exact) mass is 250 g/mol. The lowest BCUT2D eigenvalue weighted by atomic mass is 10.1. The highest BCUT2D eigenvalue weighted by Crippen LogP contribution is 2.30. The van der Waals surface area contributed by atoms with Gasteiger partial charge in [-0.05, 0) is 24.4 Å². The molecule has 3 rings (SSSR count). The summed E-state index contributed by atoms with van der Waals surface area (Å²) in [4.78, 5) is 4.23. The minimum absolute atomic E-state index is 0.588. The SMILES string of the molecule is Cc1cc(N)cnc1Oc1cccc2ccccc12. The summed E-state index contributed by atoms with van der Waals surface area (Å²) >= 11 is 0. The van der Waals surface area contributed by atoms with Crippen LogP contribution in [-0.4, -0.2) is 4.98 Å². The van der Waals surface area contributed by atoms with E-state index in [1.807, 2.05) is 43.3 Å². The number of anilines is 1. The molecule has 0 fully saturated rings. The lowest BCUT2D eigenvalue weighted by Crippen LogP contribution is -1.94. The first-order chi connectivity index (χ1) is 9.24. The van der Waals surface area contributed by atoms with Crippen LogP contribution in [0.3, 0.4) is 0 Å². The van der Waals surface area contributed by atoms with Crippen molar-refractivity contribution in [3.8, 4) is 11.6 Å². The molecule has 2 aromatic carbocycles. The van der Waals surface area contributed by atoms with Crippen LogP contribution in [0.25, 0.3) is 10.8 Å². The van der Waals surface area contributed by atoms with Crippen LogP contribution in [0.4, 0.5) is 5.69 Å². The number of hydrogen-bond donors (Lipinski definition) is 1. The van der Waals surface area contributed by atoms with Crippen molar-refractivity contribution in [3.05, 3.63) is 60.3 Å². The van der Waals surface area contributed by atoms with Crippen molar-refractivity contribution in [3.63, 3.8) is 0 Å². The van der Waals surface area contributed by atoms with Crippen LogP contribution in [0.1, 0.15) is 5.56 Å². The Labute approximate surface area is 111 Å². The quantitative estimate of drug-likeness (QED) is 0.750. The summed E-state index contributed by atoms with van der Waals surface area (Å²) in [6.45, 7) is 1.93. The first-order valence-electron chi connectivity index (χ1n) is 6.12. The Bertz CT molecular complexity index is 732. The number of aromatic nitrogens is 1. The van der Waals surface area contributed by atoms with Crippen LogP contribution in [0.15, 0.2) is 54.7 Å². The molecule has 0 spiro atoms. The van der Waals surface area contributed by atoms with Gasteiger partial charge in [-0.15, -0.1) is 0 Å². The highest BCUT2D eigenvalue weighted by molar-refractivity contribution is 5.88. The fourth-order valence-corrected chi connectivity index (χ4v) is 2.08. The molecule has 3 nitrogen and oxygen atoms in total. The molecule has 0 unspecified atom stereocenters. The van der Waals surface area contributed by atoms with Gasteiger partial charge >= 0.3 is 0 Å². The number of hydrogen-bond acceptors (Lipinski definition) is 3. The number of nitrogens with zero attached hydrogens (tertiary/aromatic N) is 1. The van der Waals surface area contributed by atoms with E-state index in [-0.39, 0.29) is 0 Å². The number of rotatable bonds is 2. The summed E-state index contributed by atoms with van der Waals surface area (Å²) in [5, 5.41) is 2.22. The van der Waals surface area contributed by atoms with Crippen molar-refractivity contribution in [2.45, 2.75) is 6.92 Å². The van der Waals surface area contributed by atoms with Crippen molar-refractivity contribution in [2.75, 3.05) is 5.73 Å². The van der Waals surface area contributed by atoms with Crippen LogP contribution in [0.2, 0.25) is 0 Å². The van der Waals surface area contributed by atoms with Crippen molar-refractivity contribution in [1.82, 2.24) is 4.98 Å². The highest BCUT2D eigenvalue weighted by atomic mass is 16.5. The molecule has 2 N–H and O–H groups in total. The zero-order valence-electron chi connectivity index (χ0n) is 10.6. The molecule has 94 valence electrons. The Balaban J connectivity index is 2.06. The second-order valence-corrected chi connectivity index (χ2v) is 4.47. The average molecular weight is 250 g/mol. The second-order valence-electron chi connectivity index (χ2n) is 4.47. The van der Waals surface area contributed by atoms with E-state index < -0.39 is 0 Å². The average Bonchev–Trinajstić information content (AvgIpc) is 2.42. The van der Waals surface area contributed by atoms with Crippen LogP contribution >= 0.6 is 0 Å². The minimum Gasteiger partial charge on any atom is -0.438 e. The van der Waals surface area contributed by atoms with E-state index in [1.165, 1.54) is 0 Å². The van der Waals surface area contributed by atoms with Gasteiger partial charge in [0.15, 0.2) is 0 Å². The maximum absolute atomic E-state index is 5.91. The molecule has 0 atom stereocenters. The molecule has 0 radical (unpaired) electrons. The molecule has 0 saturated heterocycles. The van der Waals surface area contributed by atoms with Gasteiger partial charge in [0.25, 0.3) is 0 Å². The topological polar surface area (TPSA) is 48.1 Å². The van der Waals surface area contributed by atoms with Gasteiger partial charge in [0, 0.05) is 10.9 Å². The van der Waals surface area contributed by atoms with Gasteiger partial charge in [-0.1, -0.05) is 36.4 Å². The third-order valence-corrected chi connectivity index (χ3v) is 3.01. The van der Waals surface area contributed by atoms with Gasteiger partial charge in [-0.25, -0.2) is 4.98 Å². The van der Waals surface area contributed by atoms with Crippen molar-refractivity contribution in [1.29, 1.82) is 0 Å². The maximum Gasteiger partial charge on any atom is 0.222 e. The van der Waals surface area contributed by atoms with Gasteiger partial charge in [0.2, 0.25) is 5.88 Å². The lowest BCUT2D eigenvalue weighted by molar-refractivity contribution is 0.464. The number of ether oxygens (including phenoxy) is 1. The molecule has 0 bridgehead atoms. The van der Waals surface area contributed by atoms with E-state index in [0.29, 0.717) is 11.6 Å². The molecule has 1 aromatic heterocycles. The molecule has 0 saturated carbocycles. The van der Waals surface area contributed by atoms with E-state index in [0.717, 1.165) is 22.1 Å². The van der Waals surface area contributed by atoms with E-state index in [1.54, 1.807) is 6.20 Å². The largest absolute Gasteiger partial charge is 0.438 e. The second kappa shape index (κ2) is 4.61. The lowest BCUT2D eigenvalue weighted by Gasteiger charge is -2.10. The zero-order chi connectivity index (χ0) is 13.2. The molecular formula is C16H14N2O. The van der Waals surface area contributed by atoms with Crippen molar-refractivity contribution in [2.24, 2.45) is 0 Å². The Morgan fingerprint density at radius 1 is 1.05 bits per heavy atom. The molecule has 0 amide bonds. The smallest absolute Gasteiger partial charge is 0.222 e. The summed E-state index contributed by atoms with van der Waals surface area (Å²) in [6, 6.07) is 15.9. The molecule has 0 aliphatic heterocycles. The normalized spacial score (nSPS) is 10.6. The van der Waals surface area contributed by atoms with E-state index >= 15 is 0 Å². The summed E-state index contributed by atoms with van der Waals surface area (Å²) in [5.74, 6) is 1.39. The predicted octanol–water partition coefficient (Wildman–Crippen LogP) is 3.92. The number of nitrogen functional groups attached to an aromatic ring is 1. The Morgan fingerprint density at radius 3 is 2.68 bits per heavy atom. The van der Waals surface area contributed by atoms with Crippen molar-refractivity contribution >= 4 is 16.5 Å². The van der Waals surface area contributed by atoms with Gasteiger partial charge in [-0.3, -0.25) is 0 Å². The third-order valence-electron chi connectivity index (χ3n) is 3.01. The summed E-state index contributed by atoms with van der Waals surface area (Å²) in [5.41, 5.74) is 7.26.